The maximum absolute atomic E-state index is 4.44. The quantitative estimate of drug-likeness (QED) is 0.693. The standard InChI is InChI=1S/C12H13NS/c1-3-9-6-7-10-5-4-8-13-11(10)12(9)14-2/h4-8H,3H2,1-2H3. The van der Waals surface area contributed by atoms with E-state index in [9.17, 15) is 0 Å². The average Bonchev–Trinajstić information content (AvgIpc) is 2.27. The Bertz CT molecular complexity index is 451. The number of fused-ring (bicyclic) bond motifs is 1. The van der Waals surface area contributed by atoms with Gasteiger partial charge in [-0.2, -0.15) is 0 Å². The second kappa shape index (κ2) is 4.01. The zero-order valence-electron chi connectivity index (χ0n) is 8.45. The zero-order chi connectivity index (χ0) is 9.97. The molecule has 2 aromatic rings. The summed E-state index contributed by atoms with van der Waals surface area (Å²) >= 11 is 1.79. The van der Waals surface area contributed by atoms with E-state index in [-0.39, 0.29) is 0 Å². The maximum atomic E-state index is 4.44. The Morgan fingerprint density at radius 2 is 2.14 bits per heavy atom. The van der Waals surface area contributed by atoms with Crippen molar-refractivity contribution in [3.8, 4) is 0 Å². The van der Waals surface area contributed by atoms with Crippen LogP contribution >= 0.6 is 11.8 Å². The Kier molecular flexibility index (Phi) is 2.73. The van der Waals surface area contributed by atoms with Gasteiger partial charge < -0.3 is 0 Å². The third kappa shape index (κ3) is 1.50. The molecule has 0 N–H and O–H groups in total. The summed E-state index contributed by atoms with van der Waals surface area (Å²) in [5.41, 5.74) is 2.53. The minimum absolute atomic E-state index is 1.07. The molecule has 14 heavy (non-hydrogen) atoms. The lowest BCUT2D eigenvalue weighted by molar-refractivity contribution is 1.09. The molecular formula is C12H13NS. The van der Waals surface area contributed by atoms with E-state index in [0.29, 0.717) is 0 Å². The molecule has 0 spiro atoms. The van der Waals surface area contributed by atoms with Crippen LogP contribution in [0, 0.1) is 0 Å². The Morgan fingerprint density at radius 3 is 2.86 bits per heavy atom. The Labute approximate surface area is 88.6 Å². The smallest absolute Gasteiger partial charge is 0.0840 e. The van der Waals surface area contributed by atoms with E-state index in [4.69, 9.17) is 0 Å². The fourth-order valence-corrected chi connectivity index (χ4v) is 2.50. The highest BCUT2D eigenvalue weighted by Gasteiger charge is 2.05. The summed E-state index contributed by atoms with van der Waals surface area (Å²) in [6, 6.07) is 8.45. The highest BCUT2D eigenvalue weighted by Crippen LogP contribution is 2.28. The summed E-state index contributed by atoms with van der Waals surface area (Å²) in [5.74, 6) is 0. The minimum atomic E-state index is 1.07. The van der Waals surface area contributed by atoms with Crippen molar-refractivity contribution < 1.29 is 0 Å². The monoisotopic (exact) mass is 203 g/mol. The minimum Gasteiger partial charge on any atom is -0.255 e. The van der Waals surface area contributed by atoms with Gasteiger partial charge in [0.25, 0.3) is 0 Å². The Morgan fingerprint density at radius 1 is 1.29 bits per heavy atom. The maximum Gasteiger partial charge on any atom is 0.0840 e. The van der Waals surface area contributed by atoms with Crippen molar-refractivity contribution in [1.29, 1.82) is 0 Å². The van der Waals surface area contributed by atoms with E-state index >= 15 is 0 Å². The van der Waals surface area contributed by atoms with E-state index in [1.807, 2.05) is 12.3 Å². The van der Waals surface area contributed by atoms with Gasteiger partial charge in [-0.3, -0.25) is 4.98 Å². The van der Waals surface area contributed by atoms with Crippen molar-refractivity contribution in [2.45, 2.75) is 18.2 Å². The van der Waals surface area contributed by atoms with Gasteiger partial charge in [0.05, 0.1) is 5.52 Å². The third-order valence-electron chi connectivity index (χ3n) is 2.39. The molecule has 0 fully saturated rings. The molecule has 0 bridgehead atoms. The number of pyridine rings is 1. The summed E-state index contributed by atoms with van der Waals surface area (Å²) in [5, 5.41) is 1.23. The second-order valence-electron chi connectivity index (χ2n) is 3.19. The first-order valence-electron chi connectivity index (χ1n) is 4.77. The number of benzene rings is 1. The van der Waals surface area contributed by atoms with Gasteiger partial charge in [0, 0.05) is 16.5 Å². The van der Waals surface area contributed by atoms with Crippen molar-refractivity contribution in [2.24, 2.45) is 0 Å². The van der Waals surface area contributed by atoms with Crippen LogP contribution in [0.2, 0.25) is 0 Å². The molecule has 2 heteroatoms. The largest absolute Gasteiger partial charge is 0.255 e. The summed E-state index contributed by atoms with van der Waals surface area (Å²) in [4.78, 5) is 5.76. The summed E-state index contributed by atoms with van der Waals surface area (Å²) in [7, 11) is 0. The van der Waals surface area contributed by atoms with Gasteiger partial charge in [-0.1, -0.05) is 25.1 Å². The lowest BCUT2D eigenvalue weighted by Crippen LogP contribution is -1.88. The molecule has 0 unspecified atom stereocenters. The van der Waals surface area contributed by atoms with Crippen molar-refractivity contribution in [1.82, 2.24) is 4.98 Å². The second-order valence-corrected chi connectivity index (χ2v) is 4.00. The molecule has 0 aliphatic rings. The molecule has 1 aromatic carbocycles. The molecule has 0 aliphatic heterocycles. The number of rotatable bonds is 2. The molecule has 1 aromatic heterocycles. The first kappa shape index (κ1) is 9.53. The predicted octanol–water partition coefficient (Wildman–Crippen LogP) is 3.52. The molecule has 0 radical (unpaired) electrons. The van der Waals surface area contributed by atoms with Crippen molar-refractivity contribution in [3.63, 3.8) is 0 Å². The molecule has 0 aliphatic carbocycles. The summed E-state index contributed by atoms with van der Waals surface area (Å²) in [6.07, 6.45) is 5.05. The molecule has 72 valence electrons. The van der Waals surface area contributed by atoms with Crippen LogP contribution < -0.4 is 0 Å². The van der Waals surface area contributed by atoms with Gasteiger partial charge in [0.1, 0.15) is 0 Å². The molecule has 0 amide bonds. The Balaban J connectivity index is 2.77. The van der Waals surface area contributed by atoms with Crippen LogP contribution in [0.3, 0.4) is 0 Å². The van der Waals surface area contributed by atoms with Gasteiger partial charge in [0.15, 0.2) is 0 Å². The zero-order valence-corrected chi connectivity index (χ0v) is 9.27. The fraction of sp³-hybridized carbons (Fsp3) is 0.250. The lowest BCUT2D eigenvalue weighted by Gasteiger charge is -2.07. The van der Waals surface area contributed by atoms with Crippen molar-refractivity contribution >= 4 is 22.7 Å². The molecule has 0 atom stereocenters. The normalized spacial score (nSPS) is 10.7. The van der Waals surface area contributed by atoms with Crippen LogP contribution in [0.5, 0.6) is 0 Å². The first-order chi connectivity index (χ1) is 6.86. The van der Waals surface area contributed by atoms with Crippen LogP contribution in [-0.4, -0.2) is 11.2 Å². The summed E-state index contributed by atoms with van der Waals surface area (Å²) in [6.45, 7) is 2.18. The SMILES string of the molecule is CCc1ccc2cccnc2c1SC. The number of thioether (sulfide) groups is 1. The van der Waals surface area contributed by atoms with Crippen LogP contribution in [0.25, 0.3) is 10.9 Å². The predicted molar refractivity (Wildman–Crippen MR) is 62.9 cm³/mol. The number of nitrogens with zero attached hydrogens (tertiary/aromatic N) is 1. The molecular weight excluding hydrogens is 190 g/mol. The van der Waals surface area contributed by atoms with Crippen LogP contribution in [0.1, 0.15) is 12.5 Å². The highest BCUT2D eigenvalue weighted by atomic mass is 32.2. The molecule has 2 rings (SSSR count). The van der Waals surface area contributed by atoms with Crippen LogP contribution in [-0.2, 0) is 6.42 Å². The van der Waals surface area contributed by atoms with Gasteiger partial charge in [-0.05, 0) is 24.3 Å². The van der Waals surface area contributed by atoms with Crippen LogP contribution in [0.4, 0.5) is 0 Å². The average molecular weight is 203 g/mol. The van der Waals surface area contributed by atoms with Gasteiger partial charge in [0.2, 0.25) is 0 Å². The number of hydrogen-bond donors (Lipinski definition) is 0. The van der Waals surface area contributed by atoms with Gasteiger partial charge in [-0.15, -0.1) is 11.8 Å². The lowest BCUT2D eigenvalue weighted by atomic mass is 10.1. The van der Waals surface area contributed by atoms with Gasteiger partial charge in [-0.25, -0.2) is 0 Å². The van der Waals surface area contributed by atoms with E-state index in [0.717, 1.165) is 11.9 Å². The van der Waals surface area contributed by atoms with E-state index in [1.165, 1.54) is 15.8 Å². The van der Waals surface area contributed by atoms with Gasteiger partial charge >= 0.3 is 0 Å². The third-order valence-corrected chi connectivity index (χ3v) is 3.26. The Hall–Kier alpha value is -1.02. The number of hydrogen-bond acceptors (Lipinski definition) is 2. The molecule has 1 nitrogen and oxygen atoms in total. The fourth-order valence-electron chi connectivity index (χ4n) is 1.67. The number of aryl methyl sites for hydroxylation is 1. The molecule has 0 saturated heterocycles. The highest BCUT2D eigenvalue weighted by molar-refractivity contribution is 7.98. The first-order valence-corrected chi connectivity index (χ1v) is 6.00. The van der Waals surface area contributed by atoms with E-state index < -0.39 is 0 Å². The van der Waals surface area contributed by atoms with E-state index in [1.54, 1.807) is 11.8 Å². The number of aromatic nitrogens is 1. The van der Waals surface area contributed by atoms with Crippen molar-refractivity contribution in [2.75, 3.05) is 6.26 Å². The van der Waals surface area contributed by atoms with Crippen LogP contribution in [0.15, 0.2) is 35.4 Å². The molecule has 1 heterocycles. The van der Waals surface area contributed by atoms with E-state index in [2.05, 4.69) is 36.4 Å². The summed E-state index contributed by atoms with van der Waals surface area (Å²) < 4.78 is 0. The molecule has 0 saturated carbocycles. The topological polar surface area (TPSA) is 12.9 Å². The van der Waals surface area contributed by atoms with Crippen molar-refractivity contribution in [3.05, 3.63) is 36.0 Å².